The highest BCUT2D eigenvalue weighted by molar-refractivity contribution is 5.73. The molecule has 1 unspecified atom stereocenters. The zero-order chi connectivity index (χ0) is 19.4. The van der Waals surface area contributed by atoms with Gasteiger partial charge in [-0.25, -0.2) is 0 Å². The summed E-state index contributed by atoms with van der Waals surface area (Å²) in [5.74, 6) is 0.671. The Balaban J connectivity index is 2.68. The van der Waals surface area contributed by atoms with E-state index in [2.05, 4.69) is 16.0 Å². The van der Waals surface area contributed by atoms with Gasteiger partial charge in [-0.2, -0.15) is 0 Å². The number of benzene rings is 1. The van der Waals surface area contributed by atoms with Gasteiger partial charge in [-0.1, -0.05) is 0 Å². The van der Waals surface area contributed by atoms with Gasteiger partial charge in [0.1, 0.15) is 13.2 Å². The fraction of sp³-hybridized carbons (Fsp3) is 0.529. The second-order valence-electron chi connectivity index (χ2n) is 5.54. The lowest BCUT2D eigenvalue weighted by Gasteiger charge is -2.16. The number of carbonyl (C=O) groups excluding carboxylic acids is 2. The summed E-state index contributed by atoms with van der Waals surface area (Å²) in [5.41, 5.74) is 0.682. The third-order valence-electron chi connectivity index (χ3n) is 3.16. The van der Waals surface area contributed by atoms with E-state index in [1.807, 2.05) is 0 Å². The Labute approximate surface area is 152 Å². The topological polar surface area (TPSA) is 129 Å². The molecule has 5 N–H and O–H groups in total. The van der Waals surface area contributed by atoms with E-state index in [-0.39, 0.29) is 38.2 Å². The lowest BCUT2D eigenvalue weighted by atomic mass is 10.2. The molecule has 146 valence electrons. The number of aliphatic hydroxyl groups excluding tert-OH is 2. The fourth-order valence-corrected chi connectivity index (χ4v) is 1.93. The lowest BCUT2D eigenvalue weighted by Crippen LogP contribution is -2.26. The Kier molecular flexibility index (Phi) is 9.88. The number of nitrogens with one attached hydrogen (secondary N) is 3. The summed E-state index contributed by atoms with van der Waals surface area (Å²) in [4.78, 5) is 21.8. The number of carbonyl (C=O) groups is 2. The highest BCUT2D eigenvalue weighted by Crippen LogP contribution is 2.30. The van der Waals surface area contributed by atoms with E-state index in [4.69, 9.17) is 14.6 Å². The van der Waals surface area contributed by atoms with Gasteiger partial charge in [0.05, 0.1) is 25.8 Å². The summed E-state index contributed by atoms with van der Waals surface area (Å²) in [5, 5.41) is 26.5. The van der Waals surface area contributed by atoms with E-state index >= 15 is 0 Å². The molecule has 1 atom stereocenters. The van der Waals surface area contributed by atoms with E-state index in [1.165, 1.54) is 13.8 Å². The summed E-state index contributed by atoms with van der Waals surface area (Å²) in [6.07, 6.45) is -0.868. The summed E-state index contributed by atoms with van der Waals surface area (Å²) in [6.45, 7) is 3.94. The van der Waals surface area contributed by atoms with Crippen LogP contribution in [0.5, 0.6) is 11.5 Å². The molecule has 2 amide bonds. The van der Waals surface area contributed by atoms with E-state index in [1.54, 1.807) is 18.2 Å². The van der Waals surface area contributed by atoms with Crippen LogP contribution in [0.25, 0.3) is 0 Å². The summed E-state index contributed by atoms with van der Waals surface area (Å²) in [7, 11) is 0. The molecule has 26 heavy (non-hydrogen) atoms. The van der Waals surface area contributed by atoms with E-state index in [9.17, 15) is 14.7 Å². The van der Waals surface area contributed by atoms with Crippen molar-refractivity contribution >= 4 is 17.5 Å². The SMILES string of the molecule is CC(=O)NCCOc1ccc(NCC(O)CO)cc1OCCNC(C)=O. The average molecular weight is 369 g/mol. The van der Waals surface area contributed by atoms with Crippen LogP contribution in [0.3, 0.4) is 0 Å². The molecule has 1 rings (SSSR count). The van der Waals surface area contributed by atoms with Crippen LogP contribution in [0.1, 0.15) is 13.8 Å². The normalized spacial score (nSPS) is 11.4. The first-order chi connectivity index (χ1) is 12.4. The van der Waals surface area contributed by atoms with Gasteiger partial charge in [0, 0.05) is 32.1 Å². The van der Waals surface area contributed by atoms with Crippen LogP contribution in [-0.2, 0) is 9.59 Å². The minimum Gasteiger partial charge on any atom is -0.488 e. The number of aliphatic hydroxyl groups is 2. The van der Waals surface area contributed by atoms with Gasteiger partial charge in [-0.05, 0) is 12.1 Å². The van der Waals surface area contributed by atoms with Gasteiger partial charge in [0.2, 0.25) is 11.8 Å². The first-order valence-electron chi connectivity index (χ1n) is 8.33. The molecule has 0 spiro atoms. The molecule has 1 aromatic carbocycles. The molecule has 1 aromatic rings. The molecule has 0 aliphatic rings. The molecule has 0 fully saturated rings. The van der Waals surface area contributed by atoms with Gasteiger partial charge in [0.25, 0.3) is 0 Å². The van der Waals surface area contributed by atoms with Crippen LogP contribution in [0.15, 0.2) is 18.2 Å². The Morgan fingerprint density at radius 1 is 1.04 bits per heavy atom. The van der Waals surface area contributed by atoms with Crippen LogP contribution in [0.2, 0.25) is 0 Å². The molecule has 0 aliphatic carbocycles. The minimum atomic E-state index is -0.868. The Morgan fingerprint density at radius 2 is 1.62 bits per heavy atom. The maximum atomic E-state index is 10.9. The van der Waals surface area contributed by atoms with Crippen molar-refractivity contribution in [3.8, 4) is 11.5 Å². The largest absolute Gasteiger partial charge is 0.488 e. The molecule has 0 heterocycles. The maximum absolute atomic E-state index is 10.9. The quantitative estimate of drug-likeness (QED) is 0.314. The molecule has 0 aliphatic heterocycles. The van der Waals surface area contributed by atoms with Crippen LogP contribution < -0.4 is 25.4 Å². The molecule has 0 radical (unpaired) electrons. The highest BCUT2D eigenvalue weighted by Gasteiger charge is 2.09. The van der Waals surface area contributed by atoms with Crippen molar-refractivity contribution in [3.63, 3.8) is 0 Å². The lowest BCUT2D eigenvalue weighted by molar-refractivity contribution is -0.119. The predicted molar refractivity (Wildman–Crippen MR) is 96.4 cm³/mol. The fourth-order valence-electron chi connectivity index (χ4n) is 1.93. The number of rotatable bonds is 12. The van der Waals surface area contributed by atoms with Crippen LogP contribution in [0.4, 0.5) is 5.69 Å². The van der Waals surface area contributed by atoms with Gasteiger partial charge in [-0.15, -0.1) is 0 Å². The predicted octanol–water partition coefficient (Wildman–Crippen LogP) is -0.518. The van der Waals surface area contributed by atoms with Crippen molar-refractivity contribution in [2.24, 2.45) is 0 Å². The number of ether oxygens (including phenoxy) is 2. The van der Waals surface area contributed by atoms with Crippen molar-refractivity contribution < 1.29 is 29.3 Å². The summed E-state index contributed by atoms with van der Waals surface area (Å²) < 4.78 is 11.3. The second-order valence-corrected chi connectivity index (χ2v) is 5.54. The van der Waals surface area contributed by atoms with E-state index in [0.717, 1.165) is 0 Å². The van der Waals surface area contributed by atoms with Crippen molar-refractivity contribution in [1.82, 2.24) is 10.6 Å². The molecule has 0 saturated carbocycles. The highest BCUT2D eigenvalue weighted by atomic mass is 16.5. The summed E-state index contributed by atoms with van der Waals surface area (Å²) in [6, 6.07) is 5.15. The van der Waals surface area contributed by atoms with Crippen molar-refractivity contribution in [2.45, 2.75) is 20.0 Å². The number of hydrogen-bond acceptors (Lipinski definition) is 7. The van der Waals surface area contributed by atoms with Gasteiger partial charge in [0.15, 0.2) is 11.5 Å². The second kappa shape index (κ2) is 11.9. The minimum absolute atomic E-state index is 0.137. The third-order valence-corrected chi connectivity index (χ3v) is 3.16. The molecule has 0 saturated heterocycles. The molecule has 0 bridgehead atoms. The van der Waals surface area contributed by atoms with Crippen LogP contribution in [-0.4, -0.2) is 67.6 Å². The Hall–Kier alpha value is -2.52. The first kappa shape index (κ1) is 21.5. The number of amides is 2. The monoisotopic (exact) mass is 369 g/mol. The summed E-state index contributed by atoms with van der Waals surface area (Å²) >= 11 is 0. The van der Waals surface area contributed by atoms with Gasteiger partial charge in [-0.3, -0.25) is 9.59 Å². The maximum Gasteiger partial charge on any atom is 0.216 e. The smallest absolute Gasteiger partial charge is 0.216 e. The number of anilines is 1. The first-order valence-corrected chi connectivity index (χ1v) is 8.33. The third kappa shape index (κ3) is 9.09. The van der Waals surface area contributed by atoms with Crippen LogP contribution >= 0.6 is 0 Å². The molecule has 9 nitrogen and oxygen atoms in total. The van der Waals surface area contributed by atoms with Crippen LogP contribution in [0, 0.1) is 0 Å². The van der Waals surface area contributed by atoms with Gasteiger partial charge < -0.3 is 35.6 Å². The molecular weight excluding hydrogens is 342 g/mol. The zero-order valence-electron chi connectivity index (χ0n) is 15.1. The van der Waals surface area contributed by atoms with Gasteiger partial charge >= 0.3 is 0 Å². The molecule has 0 aromatic heterocycles. The zero-order valence-corrected chi connectivity index (χ0v) is 15.1. The number of hydrogen-bond donors (Lipinski definition) is 5. The van der Waals surface area contributed by atoms with E-state index in [0.29, 0.717) is 30.3 Å². The Morgan fingerprint density at radius 3 is 2.15 bits per heavy atom. The molecule has 9 heteroatoms. The van der Waals surface area contributed by atoms with Crippen molar-refractivity contribution in [2.75, 3.05) is 44.8 Å². The standard InChI is InChI=1S/C17H27N3O6/c1-12(22)18-5-7-25-16-4-3-14(20-10-15(24)11-21)9-17(16)26-8-6-19-13(2)23/h3-4,9,15,20-21,24H,5-8,10-11H2,1-2H3,(H,18,22)(H,19,23). The Bertz CT molecular complexity index is 582. The molecular formula is C17H27N3O6. The van der Waals surface area contributed by atoms with E-state index < -0.39 is 6.10 Å². The average Bonchev–Trinajstić information content (AvgIpc) is 2.60. The van der Waals surface area contributed by atoms with Crippen molar-refractivity contribution in [1.29, 1.82) is 0 Å². The van der Waals surface area contributed by atoms with Crippen molar-refractivity contribution in [3.05, 3.63) is 18.2 Å².